The predicted molar refractivity (Wildman–Crippen MR) is 71.0 cm³/mol. The molecule has 0 aromatic heterocycles. The van der Waals surface area contributed by atoms with Crippen molar-refractivity contribution in [3.05, 3.63) is 0 Å². The van der Waals surface area contributed by atoms with E-state index in [1.165, 1.54) is 25.9 Å². The molecule has 100 valence electrons. The minimum Gasteiger partial charge on any atom is -0.359 e. The van der Waals surface area contributed by atoms with Crippen LogP contribution in [0.1, 0.15) is 33.1 Å². The van der Waals surface area contributed by atoms with Gasteiger partial charge in [-0.1, -0.05) is 6.92 Å². The molecule has 0 aliphatic carbocycles. The first kappa shape index (κ1) is 14.5. The molecular formula is C13H27N3O. The van der Waals surface area contributed by atoms with Gasteiger partial charge in [0, 0.05) is 32.6 Å². The lowest BCUT2D eigenvalue weighted by atomic mass is 9.91. The van der Waals surface area contributed by atoms with E-state index < -0.39 is 0 Å². The number of hydrogen-bond acceptors (Lipinski definition) is 3. The Morgan fingerprint density at radius 2 is 2.29 bits per heavy atom. The molecule has 0 spiro atoms. The van der Waals surface area contributed by atoms with Crippen LogP contribution < -0.4 is 10.6 Å². The highest BCUT2D eigenvalue weighted by Crippen LogP contribution is 2.19. The van der Waals surface area contributed by atoms with Gasteiger partial charge in [-0.25, -0.2) is 0 Å². The van der Waals surface area contributed by atoms with Gasteiger partial charge in [-0.05, 0) is 38.8 Å². The van der Waals surface area contributed by atoms with E-state index in [1.807, 2.05) is 0 Å². The fourth-order valence-electron chi connectivity index (χ4n) is 2.49. The number of piperidine rings is 1. The summed E-state index contributed by atoms with van der Waals surface area (Å²) >= 11 is 0. The highest BCUT2D eigenvalue weighted by atomic mass is 16.1. The van der Waals surface area contributed by atoms with Gasteiger partial charge < -0.3 is 15.5 Å². The molecule has 4 heteroatoms. The average molecular weight is 241 g/mol. The van der Waals surface area contributed by atoms with Gasteiger partial charge in [-0.3, -0.25) is 4.79 Å². The second-order valence-electron chi connectivity index (χ2n) is 4.96. The Bertz CT molecular complexity index is 233. The number of nitrogens with zero attached hydrogens (tertiary/aromatic N) is 1. The van der Waals surface area contributed by atoms with Crippen molar-refractivity contribution in [2.24, 2.45) is 5.92 Å². The van der Waals surface area contributed by atoms with E-state index in [2.05, 4.69) is 29.4 Å². The Labute approximate surface area is 105 Å². The molecule has 17 heavy (non-hydrogen) atoms. The van der Waals surface area contributed by atoms with Crippen molar-refractivity contribution in [2.75, 3.05) is 33.2 Å². The maximum atomic E-state index is 11.1. The van der Waals surface area contributed by atoms with Crippen LogP contribution >= 0.6 is 0 Å². The highest BCUT2D eigenvalue weighted by Gasteiger charge is 2.23. The third-order valence-corrected chi connectivity index (χ3v) is 3.79. The summed E-state index contributed by atoms with van der Waals surface area (Å²) in [7, 11) is 1.69. The van der Waals surface area contributed by atoms with Crippen LogP contribution in [0.25, 0.3) is 0 Å². The van der Waals surface area contributed by atoms with E-state index in [4.69, 9.17) is 0 Å². The maximum absolute atomic E-state index is 11.1. The van der Waals surface area contributed by atoms with Crippen molar-refractivity contribution in [1.82, 2.24) is 15.5 Å². The number of likely N-dealkylation sites (tertiary alicyclic amines) is 1. The zero-order valence-corrected chi connectivity index (χ0v) is 11.5. The van der Waals surface area contributed by atoms with Crippen LogP contribution in [0.15, 0.2) is 0 Å². The van der Waals surface area contributed by atoms with Gasteiger partial charge >= 0.3 is 0 Å². The van der Waals surface area contributed by atoms with Crippen molar-refractivity contribution >= 4 is 5.91 Å². The number of carbonyl (C=O) groups is 1. The molecule has 0 saturated carbocycles. The molecule has 0 bridgehead atoms. The summed E-state index contributed by atoms with van der Waals surface area (Å²) in [5, 5.41) is 6.12. The van der Waals surface area contributed by atoms with Gasteiger partial charge in [0.2, 0.25) is 5.91 Å². The van der Waals surface area contributed by atoms with E-state index in [0.717, 1.165) is 19.0 Å². The fraction of sp³-hybridized carbons (Fsp3) is 0.923. The number of nitrogens with one attached hydrogen (secondary N) is 2. The second-order valence-corrected chi connectivity index (χ2v) is 4.96. The van der Waals surface area contributed by atoms with Crippen LogP contribution in [-0.2, 0) is 4.79 Å². The minimum atomic E-state index is 0.114. The SMILES string of the molecule is CCN1CCCC(C(C)NCCC(=O)NC)C1. The quantitative estimate of drug-likeness (QED) is 0.724. The number of amides is 1. The lowest BCUT2D eigenvalue weighted by Crippen LogP contribution is -2.45. The van der Waals surface area contributed by atoms with Crippen LogP contribution in [0.5, 0.6) is 0 Å². The predicted octanol–water partition coefficient (Wildman–Crippen LogP) is 0.833. The topological polar surface area (TPSA) is 44.4 Å². The Morgan fingerprint density at radius 1 is 1.53 bits per heavy atom. The maximum Gasteiger partial charge on any atom is 0.221 e. The summed E-state index contributed by atoms with van der Waals surface area (Å²) in [5.74, 6) is 0.844. The largest absolute Gasteiger partial charge is 0.359 e. The summed E-state index contributed by atoms with van der Waals surface area (Å²) in [6, 6.07) is 0.508. The van der Waals surface area contributed by atoms with E-state index in [1.54, 1.807) is 7.05 Å². The Kier molecular flexibility index (Phi) is 6.52. The molecule has 1 aliphatic rings. The van der Waals surface area contributed by atoms with Gasteiger partial charge in [0.25, 0.3) is 0 Å². The number of hydrogen-bond donors (Lipinski definition) is 2. The van der Waals surface area contributed by atoms with Crippen molar-refractivity contribution in [3.63, 3.8) is 0 Å². The van der Waals surface area contributed by atoms with Crippen LogP contribution in [0.3, 0.4) is 0 Å². The van der Waals surface area contributed by atoms with Gasteiger partial charge in [0.1, 0.15) is 0 Å². The van der Waals surface area contributed by atoms with Gasteiger partial charge in [0.05, 0.1) is 0 Å². The van der Waals surface area contributed by atoms with E-state index >= 15 is 0 Å². The molecule has 1 fully saturated rings. The van der Waals surface area contributed by atoms with Crippen molar-refractivity contribution in [2.45, 2.75) is 39.2 Å². The Balaban J connectivity index is 2.22. The molecular weight excluding hydrogens is 214 g/mol. The highest BCUT2D eigenvalue weighted by molar-refractivity contribution is 5.75. The monoisotopic (exact) mass is 241 g/mol. The summed E-state index contributed by atoms with van der Waals surface area (Å²) in [4.78, 5) is 13.6. The summed E-state index contributed by atoms with van der Waals surface area (Å²) in [6.07, 6.45) is 3.19. The van der Waals surface area contributed by atoms with Gasteiger partial charge in [0.15, 0.2) is 0 Å². The lowest BCUT2D eigenvalue weighted by molar-refractivity contribution is -0.120. The third-order valence-electron chi connectivity index (χ3n) is 3.79. The van der Waals surface area contributed by atoms with Gasteiger partial charge in [-0.2, -0.15) is 0 Å². The van der Waals surface area contributed by atoms with Crippen LogP contribution in [0.2, 0.25) is 0 Å². The molecule has 2 atom stereocenters. The molecule has 1 rings (SSSR count). The Morgan fingerprint density at radius 3 is 2.94 bits per heavy atom. The molecule has 1 amide bonds. The summed E-state index contributed by atoms with van der Waals surface area (Å²) in [6.45, 7) is 8.85. The molecule has 0 aromatic carbocycles. The molecule has 0 radical (unpaired) electrons. The van der Waals surface area contributed by atoms with Crippen LogP contribution in [0.4, 0.5) is 0 Å². The normalized spacial score (nSPS) is 23.4. The molecule has 4 nitrogen and oxygen atoms in total. The molecule has 1 aliphatic heterocycles. The van der Waals surface area contributed by atoms with Crippen LogP contribution in [-0.4, -0.2) is 50.1 Å². The standard InChI is InChI=1S/C13H27N3O/c1-4-16-9-5-6-12(10-16)11(2)15-8-7-13(17)14-3/h11-12,15H,4-10H2,1-3H3,(H,14,17). The first-order valence-corrected chi connectivity index (χ1v) is 6.83. The fourth-order valence-corrected chi connectivity index (χ4v) is 2.49. The number of carbonyl (C=O) groups excluding carboxylic acids is 1. The first-order valence-electron chi connectivity index (χ1n) is 6.83. The molecule has 1 heterocycles. The zero-order chi connectivity index (χ0) is 12.7. The van der Waals surface area contributed by atoms with E-state index in [9.17, 15) is 4.79 Å². The van der Waals surface area contributed by atoms with Crippen molar-refractivity contribution in [1.29, 1.82) is 0 Å². The van der Waals surface area contributed by atoms with Crippen LogP contribution in [0, 0.1) is 5.92 Å². The molecule has 2 N–H and O–H groups in total. The average Bonchev–Trinajstić information content (AvgIpc) is 2.38. The van der Waals surface area contributed by atoms with E-state index in [0.29, 0.717) is 12.5 Å². The second kappa shape index (κ2) is 7.67. The molecule has 1 saturated heterocycles. The molecule has 0 aromatic rings. The zero-order valence-electron chi connectivity index (χ0n) is 11.5. The minimum absolute atomic E-state index is 0.114. The first-order chi connectivity index (χ1) is 8.17. The number of rotatable bonds is 6. The third kappa shape index (κ3) is 5.04. The summed E-state index contributed by atoms with van der Waals surface area (Å²) < 4.78 is 0. The molecule has 2 unspecified atom stereocenters. The summed E-state index contributed by atoms with van der Waals surface area (Å²) in [5.41, 5.74) is 0. The van der Waals surface area contributed by atoms with Crippen molar-refractivity contribution < 1.29 is 4.79 Å². The van der Waals surface area contributed by atoms with E-state index in [-0.39, 0.29) is 5.91 Å². The smallest absolute Gasteiger partial charge is 0.221 e. The van der Waals surface area contributed by atoms with Gasteiger partial charge in [-0.15, -0.1) is 0 Å². The lowest BCUT2D eigenvalue weighted by Gasteiger charge is -2.35. The Hall–Kier alpha value is -0.610. The van der Waals surface area contributed by atoms with Crippen molar-refractivity contribution in [3.8, 4) is 0 Å².